The molecule has 0 radical (unpaired) electrons. The molecule has 2 amide bonds. The Morgan fingerprint density at radius 1 is 0.812 bits per heavy atom. The topological polar surface area (TPSA) is 93.7 Å². The number of anilines is 2. The van der Waals surface area contributed by atoms with E-state index in [0.717, 1.165) is 11.1 Å². The smallest absolute Gasteiger partial charge is 0.434 e. The number of amides is 2. The Morgan fingerprint density at radius 2 is 1.44 bits per heavy atom. The molecule has 0 aliphatic carbocycles. The molecule has 0 aliphatic rings. The van der Waals surface area contributed by atoms with E-state index in [-0.39, 0.29) is 24.2 Å². The van der Waals surface area contributed by atoms with Crippen LogP contribution in [0.5, 0.6) is 5.75 Å². The van der Waals surface area contributed by atoms with Crippen molar-refractivity contribution in [1.29, 1.82) is 0 Å². The zero-order chi connectivity index (χ0) is 22.9. The molecule has 2 N–H and O–H groups in total. The quantitative estimate of drug-likeness (QED) is 0.406. The van der Waals surface area contributed by atoms with Gasteiger partial charge in [-0.15, -0.1) is 0 Å². The second kappa shape index (κ2) is 10.8. The minimum absolute atomic E-state index is 0.110. The van der Waals surface area contributed by atoms with Crippen LogP contribution >= 0.6 is 0 Å². The van der Waals surface area contributed by atoms with Crippen LogP contribution in [-0.4, -0.2) is 24.6 Å². The lowest BCUT2D eigenvalue weighted by Gasteiger charge is -2.09. The lowest BCUT2D eigenvalue weighted by molar-refractivity contribution is -0.115. The first-order chi connectivity index (χ1) is 15.4. The predicted molar refractivity (Wildman–Crippen MR) is 122 cm³/mol. The van der Waals surface area contributed by atoms with Crippen LogP contribution in [-0.2, 0) is 16.0 Å². The second-order valence-electron chi connectivity index (χ2n) is 6.99. The molecule has 0 bridgehead atoms. The number of carbonyl (C=O) groups excluding carboxylic acids is 3. The SMILES string of the molecule is CCOC(=O)Oc1ccc(C(=O)Nc2ccc(NC(=O)Cc3ccccc3C)cc2)cc1. The molecule has 0 aliphatic heterocycles. The van der Waals surface area contributed by atoms with Crippen LogP contribution in [0.2, 0.25) is 0 Å². The van der Waals surface area contributed by atoms with Crippen molar-refractivity contribution < 1.29 is 23.9 Å². The number of rotatable bonds is 7. The van der Waals surface area contributed by atoms with Gasteiger partial charge in [0.05, 0.1) is 13.0 Å². The summed E-state index contributed by atoms with van der Waals surface area (Å²) in [6, 6.07) is 20.7. The minimum atomic E-state index is -0.796. The van der Waals surface area contributed by atoms with Crippen LogP contribution < -0.4 is 15.4 Å². The molecular weight excluding hydrogens is 408 g/mol. The number of hydrogen-bond acceptors (Lipinski definition) is 5. The molecule has 0 spiro atoms. The minimum Gasteiger partial charge on any atom is -0.434 e. The Bertz CT molecular complexity index is 1090. The Balaban J connectivity index is 1.53. The summed E-state index contributed by atoms with van der Waals surface area (Å²) in [5.74, 6) is -0.143. The molecule has 0 saturated carbocycles. The summed E-state index contributed by atoms with van der Waals surface area (Å²) in [6.07, 6.45) is -0.503. The molecule has 0 aromatic heterocycles. The van der Waals surface area contributed by atoms with Crippen molar-refractivity contribution in [3.8, 4) is 5.75 Å². The highest BCUT2D eigenvalue weighted by Gasteiger charge is 2.10. The maximum absolute atomic E-state index is 12.4. The van der Waals surface area contributed by atoms with Gasteiger partial charge in [0, 0.05) is 16.9 Å². The van der Waals surface area contributed by atoms with Gasteiger partial charge in [0.15, 0.2) is 0 Å². The van der Waals surface area contributed by atoms with Crippen molar-refractivity contribution in [2.75, 3.05) is 17.2 Å². The normalized spacial score (nSPS) is 10.2. The van der Waals surface area contributed by atoms with E-state index in [2.05, 4.69) is 10.6 Å². The summed E-state index contributed by atoms with van der Waals surface area (Å²) in [4.78, 5) is 36.1. The van der Waals surface area contributed by atoms with Gasteiger partial charge in [-0.05, 0) is 73.5 Å². The Labute approximate surface area is 186 Å². The second-order valence-corrected chi connectivity index (χ2v) is 6.99. The van der Waals surface area contributed by atoms with Gasteiger partial charge in [0.1, 0.15) is 5.75 Å². The molecule has 0 unspecified atom stereocenters. The Morgan fingerprint density at radius 3 is 2.06 bits per heavy atom. The van der Waals surface area contributed by atoms with E-state index in [0.29, 0.717) is 23.4 Å². The van der Waals surface area contributed by atoms with Gasteiger partial charge in [0.2, 0.25) is 5.91 Å². The maximum Gasteiger partial charge on any atom is 0.513 e. The first-order valence-electron chi connectivity index (χ1n) is 10.1. The average Bonchev–Trinajstić information content (AvgIpc) is 2.77. The molecule has 32 heavy (non-hydrogen) atoms. The zero-order valence-corrected chi connectivity index (χ0v) is 17.9. The molecule has 0 atom stereocenters. The van der Waals surface area contributed by atoms with Crippen molar-refractivity contribution in [3.05, 3.63) is 89.5 Å². The van der Waals surface area contributed by atoms with Crippen LogP contribution in [0.4, 0.5) is 16.2 Å². The lowest BCUT2D eigenvalue weighted by atomic mass is 10.1. The number of hydrogen-bond donors (Lipinski definition) is 2. The molecule has 3 aromatic carbocycles. The summed E-state index contributed by atoms with van der Waals surface area (Å²) in [7, 11) is 0. The molecule has 3 aromatic rings. The molecule has 7 heteroatoms. The van der Waals surface area contributed by atoms with Gasteiger partial charge < -0.3 is 20.1 Å². The summed E-state index contributed by atoms with van der Waals surface area (Å²) < 4.78 is 9.67. The third kappa shape index (κ3) is 6.43. The summed E-state index contributed by atoms with van der Waals surface area (Å²) in [6.45, 7) is 3.87. The molecule has 0 saturated heterocycles. The zero-order valence-electron chi connectivity index (χ0n) is 17.9. The molecule has 0 fully saturated rings. The fraction of sp³-hybridized carbons (Fsp3) is 0.160. The van der Waals surface area contributed by atoms with Crippen molar-refractivity contribution in [3.63, 3.8) is 0 Å². The van der Waals surface area contributed by atoms with Gasteiger partial charge in [-0.3, -0.25) is 9.59 Å². The van der Waals surface area contributed by atoms with E-state index in [1.807, 2.05) is 31.2 Å². The van der Waals surface area contributed by atoms with Gasteiger partial charge in [-0.25, -0.2) is 4.79 Å². The third-order valence-electron chi connectivity index (χ3n) is 4.62. The number of nitrogens with one attached hydrogen (secondary N) is 2. The number of carbonyl (C=O) groups is 3. The summed E-state index contributed by atoms with van der Waals surface area (Å²) in [5.41, 5.74) is 3.67. The summed E-state index contributed by atoms with van der Waals surface area (Å²) in [5, 5.41) is 5.64. The van der Waals surface area contributed by atoms with Gasteiger partial charge in [-0.1, -0.05) is 24.3 Å². The predicted octanol–water partition coefficient (Wildman–Crippen LogP) is 4.96. The summed E-state index contributed by atoms with van der Waals surface area (Å²) >= 11 is 0. The van der Waals surface area contributed by atoms with Crippen LogP contribution in [0.1, 0.15) is 28.4 Å². The highest BCUT2D eigenvalue weighted by molar-refractivity contribution is 6.04. The van der Waals surface area contributed by atoms with E-state index < -0.39 is 6.16 Å². The van der Waals surface area contributed by atoms with Crippen LogP contribution in [0.3, 0.4) is 0 Å². The Hall–Kier alpha value is -4.13. The van der Waals surface area contributed by atoms with E-state index >= 15 is 0 Å². The van der Waals surface area contributed by atoms with E-state index in [4.69, 9.17) is 9.47 Å². The maximum atomic E-state index is 12.4. The van der Waals surface area contributed by atoms with E-state index in [1.54, 1.807) is 43.3 Å². The molecule has 0 heterocycles. The number of ether oxygens (including phenoxy) is 2. The lowest BCUT2D eigenvalue weighted by Crippen LogP contribution is -2.15. The fourth-order valence-corrected chi connectivity index (χ4v) is 2.94. The van der Waals surface area contributed by atoms with Gasteiger partial charge >= 0.3 is 6.16 Å². The third-order valence-corrected chi connectivity index (χ3v) is 4.62. The van der Waals surface area contributed by atoms with Crippen molar-refractivity contribution in [1.82, 2.24) is 0 Å². The fourth-order valence-electron chi connectivity index (χ4n) is 2.94. The monoisotopic (exact) mass is 432 g/mol. The van der Waals surface area contributed by atoms with Crippen molar-refractivity contribution in [2.45, 2.75) is 20.3 Å². The van der Waals surface area contributed by atoms with E-state index in [1.165, 1.54) is 12.1 Å². The molecule has 3 rings (SSSR count). The largest absolute Gasteiger partial charge is 0.513 e. The molecular formula is C25H24N2O5. The molecule has 164 valence electrons. The van der Waals surface area contributed by atoms with Crippen molar-refractivity contribution >= 4 is 29.3 Å². The average molecular weight is 432 g/mol. The first kappa shape index (κ1) is 22.6. The van der Waals surface area contributed by atoms with Gasteiger partial charge in [0.25, 0.3) is 5.91 Å². The standard InChI is InChI=1S/C25H24N2O5/c1-3-31-25(30)32-22-14-8-18(9-15-22)24(29)27-21-12-10-20(11-13-21)26-23(28)16-19-7-5-4-6-17(19)2/h4-15H,3,16H2,1-2H3,(H,26,28)(H,27,29). The van der Waals surface area contributed by atoms with Crippen molar-refractivity contribution in [2.24, 2.45) is 0 Å². The number of benzene rings is 3. The molecule has 7 nitrogen and oxygen atoms in total. The highest BCUT2D eigenvalue weighted by Crippen LogP contribution is 2.17. The Kier molecular flexibility index (Phi) is 7.59. The van der Waals surface area contributed by atoms with Crippen LogP contribution in [0.15, 0.2) is 72.8 Å². The van der Waals surface area contributed by atoms with E-state index in [9.17, 15) is 14.4 Å². The highest BCUT2D eigenvalue weighted by atomic mass is 16.7. The first-order valence-corrected chi connectivity index (χ1v) is 10.1. The van der Waals surface area contributed by atoms with Gasteiger partial charge in [-0.2, -0.15) is 0 Å². The number of aryl methyl sites for hydroxylation is 1. The van der Waals surface area contributed by atoms with Crippen LogP contribution in [0.25, 0.3) is 0 Å². The van der Waals surface area contributed by atoms with Crippen LogP contribution in [0, 0.1) is 6.92 Å².